The molecule has 1 saturated heterocycles. The monoisotopic (exact) mass is 239 g/mol. The van der Waals surface area contributed by atoms with Gasteiger partial charge in [-0.1, -0.05) is 0 Å². The van der Waals surface area contributed by atoms with E-state index in [1.165, 1.54) is 11.7 Å². The molecule has 0 unspecified atom stereocenters. The van der Waals surface area contributed by atoms with Crippen LogP contribution in [0.3, 0.4) is 0 Å². The van der Waals surface area contributed by atoms with E-state index in [1.807, 2.05) is 11.8 Å². The van der Waals surface area contributed by atoms with Crippen molar-refractivity contribution in [1.82, 2.24) is 19.7 Å². The molecule has 0 amide bonds. The Hall–Kier alpha value is -1.63. The highest BCUT2D eigenvalue weighted by Gasteiger charge is 2.27. The Bertz CT molecular complexity index is 528. The van der Waals surface area contributed by atoms with Crippen LogP contribution in [0.15, 0.2) is 9.59 Å². The first-order valence-corrected chi connectivity index (χ1v) is 5.68. The van der Waals surface area contributed by atoms with Crippen LogP contribution in [0.25, 0.3) is 0 Å². The van der Waals surface area contributed by atoms with E-state index in [0.29, 0.717) is 12.4 Å². The highest BCUT2D eigenvalue weighted by atomic mass is 16.2. The summed E-state index contributed by atoms with van der Waals surface area (Å²) in [6.07, 6.45) is 0. The average molecular weight is 239 g/mol. The number of rotatable bonds is 3. The maximum absolute atomic E-state index is 12.0. The van der Waals surface area contributed by atoms with Crippen LogP contribution in [0, 0.1) is 0 Å². The van der Waals surface area contributed by atoms with Crippen molar-refractivity contribution >= 4 is 5.82 Å². The summed E-state index contributed by atoms with van der Waals surface area (Å²) in [5, 5.41) is 7.24. The molecular weight excluding hydrogens is 222 g/mol. The van der Waals surface area contributed by atoms with Crippen molar-refractivity contribution in [2.45, 2.75) is 13.0 Å². The van der Waals surface area contributed by atoms with Crippen molar-refractivity contribution in [2.24, 2.45) is 14.1 Å². The number of anilines is 1. The van der Waals surface area contributed by atoms with Gasteiger partial charge in [-0.3, -0.25) is 9.36 Å². The SMILES string of the molecule is CCN(c1nn(C)c(=O)n(C)c1=O)C1CNC1. The molecule has 1 aromatic heterocycles. The van der Waals surface area contributed by atoms with Gasteiger partial charge in [-0.25, -0.2) is 9.48 Å². The summed E-state index contributed by atoms with van der Waals surface area (Å²) in [6.45, 7) is 4.38. The third-order valence-electron chi connectivity index (χ3n) is 3.12. The molecule has 0 atom stereocenters. The van der Waals surface area contributed by atoms with Gasteiger partial charge in [0.1, 0.15) is 0 Å². The van der Waals surface area contributed by atoms with E-state index in [1.54, 1.807) is 7.05 Å². The smallest absolute Gasteiger partial charge is 0.345 e. The van der Waals surface area contributed by atoms with E-state index >= 15 is 0 Å². The van der Waals surface area contributed by atoms with Gasteiger partial charge in [0, 0.05) is 33.7 Å². The van der Waals surface area contributed by atoms with Gasteiger partial charge in [0.25, 0.3) is 5.56 Å². The molecule has 0 aromatic carbocycles. The molecule has 94 valence electrons. The first-order valence-electron chi connectivity index (χ1n) is 5.68. The van der Waals surface area contributed by atoms with E-state index in [9.17, 15) is 9.59 Å². The zero-order valence-electron chi connectivity index (χ0n) is 10.3. The van der Waals surface area contributed by atoms with Gasteiger partial charge in [-0.05, 0) is 6.92 Å². The molecule has 1 aromatic rings. The number of nitrogens with zero attached hydrogens (tertiary/aromatic N) is 4. The summed E-state index contributed by atoms with van der Waals surface area (Å²) in [5.74, 6) is 0.351. The number of aromatic nitrogens is 3. The highest BCUT2D eigenvalue weighted by molar-refractivity contribution is 5.37. The van der Waals surface area contributed by atoms with Crippen LogP contribution < -0.4 is 21.5 Å². The van der Waals surface area contributed by atoms with Gasteiger partial charge in [-0.2, -0.15) is 0 Å². The summed E-state index contributed by atoms with van der Waals surface area (Å²) < 4.78 is 2.29. The van der Waals surface area contributed by atoms with Gasteiger partial charge in [-0.15, -0.1) is 5.10 Å². The lowest BCUT2D eigenvalue weighted by Crippen LogP contribution is -2.59. The largest absolute Gasteiger partial charge is 0.346 e. The highest BCUT2D eigenvalue weighted by Crippen LogP contribution is 2.10. The minimum atomic E-state index is -0.401. The molecule has 17 heavy (non-hydrogen) atoms. The fraction of sp³-hybridized carbons (Fsp3) is 0.700. The lowest BCUT2D eigenvalue weighted by atomic mass is 10.1. The number of hydrogen-bond acceptors (Lipinski definition) is 5. The van der Waals surface area contributed by atoms with Crippen molar-refractivity contribution in [2.75, 3.05) is 24.5 Å². The van der Waals surface area contributed by atoms with Crippen LogP contribution in [0.4, 0.5) is 5.82 Å². The first kappa shape index (κ1) is 11.8. The fourth-order valence-corrected chi connectivity index (χ4v) is 1.94. The van der Waals surface area contributed by atoms with Gasteiger partial charge < -0.3 is 10.2 Å². The molecule has 1 fully saturated rings. The third kappa shape index (κ3) is 1.86. The Labute approximate surface area is 98.7 Å². The van der Waals surface area contributed by atoms with E-state index in [0.717, 1.165) is 17.7 Å². The van der Waals surface area contributed by atoms with Crippen molar-refractivity contribution < 1.29 is 0 Å². The maximum atomic E-state index is 12.0. The average Bonchev–Trinajstić information content (AvgIpc) is 2.25. The molecule has 0 aliphatic carbocycles. The minimum absolute atomic E-state index is 0.290. The number of likely N-dealkylation sites (N-methyl/N-ethyl adjacent to an activating group) is 1. The lowest BCUT2D eigenvalue weighted by molar-refractivity contribution is 0.409. The van der Waals surface area contributed by atoms with Gasteiger partial charge >= 0.3 is 5.69 Å². The van der Waals surface area contributed by atoms with E-state index in [2.05, 4.69) is 10.4 Å². The van der Waals surface area contributed by atoms with Crippen molar-refractivity contribution in [1.29, 1.82) is 0 Å². The molecule has 0 spiro atoms. The van der Waals surface area contributed by atoms with Crippen molar-refractivity contribution in [3.05, 3.63) is 20.8 Å². The summed E-state index contributed by atoms with van der Waals surface area (Å²) in [4.78, 5) is 25.5. The molecule has 0 radical (unpaired) electrons. The third-order valence-corrected chi connectivity index (χ3v) is 3.12. The zero-order chi connectivity index (χ0) is 12.6. The lowest BCUT2D eigenvalue weighted by Gasteiger charge is -2.37. The standard InChI is InChI=1S/C10H17N5O2/c1-4-15(7-5-11-6-7)8-9(16)13(2)10(17)14(3)12-8/h7,11H,4-6H2,1-3H3. The van der Waals surface area contributed by atoms with Crippen LogP contribution in [-0.4, -0.2) is 40.0 Å². The zero-order valence-corrected chi connectivity index (χ0v) is 10.3. The minimum Gasteiger partial charge on any atom is -0.345 e. The number of aryl methyl sites for hydroxylation is 1. The molecule has 2 heterocycles. The van der Waals surface area contributed by atoms with Gasteiger partial charge in [0.2, 0.25) is 5.82 Å². The second-order valence-electron chi connectivity index (χ2n) is 4.19. The predicted molar refractivity (Wildman–Crippen MR) is 64.4 cm³/mol. The Balaban J connectivity index is 2.50. The summed E-state index contributed by atoms with van der Waals surface area (Å²) in [7, 11) is 3.03. The molecule has 0 saturated carbocycles. The fourth-order valence-electron chi connectivity index (χ4n) is 1.94. The second kappa shape index (κ2) is 4.33. The predicted octanol–water partition coefficient (Wildman–Crippen LogP) is -1.72. The first-order chi connectivity index (χ1) is 8.06. The molecular formula is C10H17N5O2. The summed E-state index contributed by atoms with van der Waals surface area (Å²) in [6, 6.07) is 0.290. The Morgan fingerprint density at radius 1 is 1.41 bits per heavy atom. The number of nitrogens with one attached hydrogen (secondary N) is 1. The summed E-state index contributed by atoms with van der Waals surface area (Å²) >= 11 is 0. The van der Waals surface area contributed by atoms with Gasteiger partial charge in [0.05, 0.1) is 6.04 Å². The van der Waals surface area contributed by atoms with Crippen LogP contribution in [0.1, 0.15) is 6.92 Å². The molecule has 7 heteroatoms. The quantitative estimate of drug-likeness (QED) is 0.679. The van der Waals surface area contributed by atoms with Crippen LogP contribution in [0.5, 0.6) is 0 Å². The second-order valence-corrected chi connectivity index (χ2v) is 4.19. The van der Waals surface area contributed by atoms with Gasteiger partial charge in [0.15, 0.2) is 0 Å². The summed E-state index contributed by atoms with van der Waals surface area (Å²) in [5.41, 5.74) is -0.733. The Morgan fingerprint density at radius 2 is 2.06 bits per heavy atom. The molecule has 0 bridgehead atoms. The molecule has 7 nitrogen and oxygen atoms in total. The van der Waals surface area contributed by atoms with Crippen LogP contribution >= 0.6 is 0 Å². The van der Waals surface area contributed by atoms with Crippen molar-refractivity contribution in [3.63, 3.8) is 0 Å². The van der Waals surface area contributed by atoms with Crippen LogP contribution in [-0.2, 0) is 14.1 Å². The maximum Gasteiger partial charge on any atom is 0.346 e. The number of hydrogen-bond donors (Lipinski definition) is 1. The topological polar surface area (TPSA) is 72.2 Å². The molecule has 1 aliphatic heterocycles. The van der Waals surface area contributed by atoms with E-state index in [-0.39, 0.29) is 11.6 Å². The molecule has 1 N–H and O–H groups in total. The molecule has 2 rings (SSSR count). The van der Waals surface area contributed by atoms with Crippen LogP contribution in [0.2, 0.25) is 0 Å². The Kier molecular flexibility index (Phi) is 3.01. The van der Waals surface area contributed by atoms with E-state index < -0.39 is 5.69 Å². The molecule has 1 aliphatic rings. The normalized spacial score (nSPS) is 15.7. The Morgan fingerprint density at radius 3 is 2.53 bits per heavy atom. The van der Waals surface area contributed by atoms with E-state index in [4.69, 9.17) is 0 Å². The van der Waals surface area contributed by atoms with Crippen molar-refractivity contribution in [3.8, 4) is 0 Å².